The number of nitrogens with one attached hydrogen (secondary N) is 1. The number of ether oxygens (including phenoxy) is 3. The normalized spacial score (nSPS) is 11.8. The molecule has 0 aliphatic rings. The van der Waals surface area contributed by atoms with Gasteiger partial charge in [-0.05, 0) is 29.8 Å². The van der Waals surface area contributed by atoms with E-state index < -0.39 is 40.3 Å². The predicted octanol–water partition coefficient (Wildman–Crippen LogP) is 5.09. The molecule has 0 amide bonds. The molecule has 0 radical (unpaired) electrons. The fourth-order valence-corrected chi connectivity index (χ4v) is 3.88. The average molecular weight is 560 g/mol. The Balaban J connectivity index is 1.84. The standard InChI is InChI=1S/C25H20F3N5O5S/c1-36-18-10-5-6-11-19(18)38-20-21(33-39(34,35)15-12-17-8-3-2-4-9-17)31-23(22-29-13-7-14-30-22)32-24(20)37-16-25(26,27)28/h2-15H,16H2,1H3,(H,31,32,33)/b15-12+. The van der Waals surface area contributed by atoms with Gasteiger partial charge in [0, 0.05) is 12.4 Å². The smallest absolute Gasteiger partial charge is 0.422 e. The Morgan fingerprint density at radius 2 is 1.56 bits per heavy atom. The monoisotopic (exact) mass is 559 g/mol. The number of methoxy groups -OCH3 is 1. The first-order valence-electron chi connectivity index (χ1n) is 11.1. The highest BCUT2D eigenvalue weighted by Gasteiger charge is 2.31. The maximum Gasteiger partial charge on any atom is 0.422 e. The maximum absolute atomic E-state index is 13.1. The van der Waals surface area contributed by atoms with Crippen LogP contribution in [0.25, 0.3) is 17.7 Å². The van der Waals surface area contributed by atoms with Gasteiger partial charge in [-0.15, -0.1) is 0 Å². The van der Waals surface area contributed by atoms with Gasteiger partial charge >= 0.3 is 6.18 Å². The molecule has 2 heterocycles. The summed E-state index contributed by atoms with van der Waals surface area (Å²) >= 11 is 0. The van der Waals surface area contributed by atoms with Gasteiger partial charge in [-0.3, -0.25) is 4.72 Å². The van der Waals surface area contributed by atoms with Gasteiger partial charge in [-0.25, -0.2) is 23.4 Å². The second-order valence-corrected chi connectivity index (χ2v) is 9.19. The molecule has 0 saturated carbocycles. The number of hydrogen-bond donors (Lipinski definition) is 1. The summed E-state index contributed by atoms with van der Waals surface area (Å²) in [5, 5.41) is 0.867. The summed E-state index contributed by atoms with van der Waals surface area (Å²) in [6.45, 7) is -1.75. The second kappa shape index (κ2) is 11.8. The van der Waals surface area contributed by atoms with Crippen LogP contribution < -0.4 is 18.9 Å². The van der Waals surface area contributed by atoms with Crippen LogP contribution in [0.2, 0.25) is 0 Å². The summed E-state index contributed by atoms with van der Waals surface area (Å²) in [6, 6.07) is 16.3. The molecule has 2 aromatic carbocycles. The van der Waals surface area contributed by atoms with Crippen LogP contribution in [0.15, 0.2) is 78.5 Å². The van der Waals surface area contributed by atoms with Crippen molar-refractivity contribution in [3.63, 3.8) is 0 Å². The number of para-hydroxylation sites is 2. The summed E-state index contributed by atoms with van der Waals surface area (Å²) < 4.78 is 83.5. The lowest BCUT2D eigenvalue weighted by Gasteiger charge is -2.18. The number of rotatable bonds is 10. The highest BCUT2D eigenvalue weighted by Crippen LogP contribution is 2.41. The largest absolute Gasteiger partial charge is 0.493 e. The number of nitrogens with zero attached hydrogens (tertiary/aromatic N) is 4. The van der Waals surface area contributed by atoms with Gasteiger partial charge in [0.15, 0.2) is 29.7 Å². The van der Waals surface area contributed by atoms with E-state index in [1.165, 1.54) is 43.8 Å². The summed E-state index contributed by atoms with van der Waals surface area (Å²) in [7, 11) is -2.92. The third-order valence-corrected chi connectivity index (χ3v) is 5.70. The first-order chi connectivity index (χ1) is 18.6. The molecule has 0 aliphatic carbocycles. The van der Waals surface area contributed by atoms with Gasteiger partial charge in [0.1, 0.15) is 0 Å². The van der Waals surface area contributed by atoms with Crippen molar-refractivity contribution in [2.75, 3.05) is 18.4 Å². The molecule has 202 valence electrons. The minimum atomic E-state index is -4.74. The van der Waals surface area contributed by atoms with Crippen LogP contribution in [-0.4, -0.2) is 48.2 Å². The maximum atomic E-state index is 13.1. The quantitative estimate of drug-likeness (QED) is 0.283. The lowest BCUT2D eigenvalue weighted by molar-refractivity contribution is -0.154. The van der Waals surface area contributed by atoms with Gasteiger partial charge in [0.2, 0.25) is 11.6 Å². The minimum Gasteiger partial charge on any atom is -0.493 e. The van der Waals surface area contributed by atoms with Crippen LogP contribution in [0.5, 0.6) is 23.1 Å². The summed E-state index contributed by atoms with van der Waals surface area (Å²) in [5.74, 6) is -1.95. The van der Waals surface area contributed by atoms with Crippen molar-refractivity contribution in [2.45, 2.75) is 6.18 Å². The molecular weight excluding hydrogens is 539 g/mol. The highest BCUT2D eigenvalue weighted by molar-refractivity contribution is 7.95. The number of aromatic nitrogens is 4. The number of anilines is 1. The van der Waals surface area contributed by atoms with Crippen molar-refractivity contribution in [1.29, 1.82) is 0 Å². The fourth-order valence-electron chi connectivity index (χ4n) is 3.07. The van der Waals surface area contributed by atoms with E-state index in [1.54, 1.807) is 42.5 Å². The van der Waals surface area contributed by atoms with E-state index in [0.717, 1.165) is 5.41 Å². The van der Waals surface area contributed by atoms with Crippen LogP contribution >= 0.6 is 0 Å². The van der Waals surface area contributed by atoms with Crippen molar-refractivity contribution in [3.05, 3.63) is 84.0 Å². The molecule has 4 rings (SSSR count). The van der Waals surface area contributed by atoms with Crippen molar-refractivity contribution < 1.29 is 35.8 Å². The second-order valence-electron chi connectivity index (χ2n) is 7.62. The summed E-state index contributed by atoms with van der Waals surface area (Å²) in [5.41, 5.74) is 0.587. The van der Waals surface area contributed by atoms with Crippen molar-refractivity contribution in [2.24, 2.45) is 0 Å². The van der Waals surface area contributed by atoms with E-state index in [9.17, 15) is 21.6 Å². The Morgan fingerprint density at radius 1 is 0.897 bits per heavy atom. The van der Waals surface area contributed by atoms with Crippen LogP contribution in [0, 0.1) is 0 Å². The molecule has 1 N–H and O–H groups in total. The Labute approximate surface area is 221 Å². The Bertz CT molecular complexity index is 1550. The van der Waals surface area contributed by atoms with E-state index in [0.29, 0.717) is 5.56 Å². The van der Waals surface area contributed by atoms with E-state index >= 15 is 0 Å². The van der Waals surface area contributed by atoms with Crippen molar-refractivity contribution in [3.8, 4) is 34.8 Å². The molecule has 0 fully saturated rings. The molecule has 0 spiro atoms. The number of halogens is 3. The first-order valence-corrected chi connectivity index (χ1v) is 12.6. The number of sulfonamides is 1. The molecule has 0 bridgehead atoms. The zero-order valence-corrected chi connectivity index (χ0v) is 21.0. The topological polar surface area (TPSA) is 125 Å². The van der Waals surface area contributed by atoms with Crippen molar-refractivity contribution in [1.82, 2.24) is 19.9 Å². The van der Waals surface area contributed by atoms with Gasteiger partial charge in [0.05, 0.1) is 12.5 Å². The van der Waals surface area contributed by atoms with Crippen LogP contribution in [-0.2, 0) is 10.0 Å². The lowest BCUT2D eigenvalue weighted by atomic mass is 10.2. The molecule has 0 unspecified atom stereocenters. The fraction of sp³-hybridized carbons (Fsp3) is 0.120. The summed E-state index contributed by atoms with van der Waals surface area (Å²) in [6.07, 6.45) is -0.706. The van der Waals surface area contributed by atoms with Gasteiger partial charge in [-0.2, -0.15) is 18.2 Å². The molecule has 4 aromatic rings. The third-order valence-electron chi connectivity index (χ3n) is 4.73. The van der Waals surface area contributed by atoms with Gasteiger partial charge in [0.25, 0.3) is 15.9 Å². The lowest BCUT2D eigenvalue weighted by Crippen LogP contribution is -2.21. The van der Waals surface area contributed by atoms with Crippen molar-refractivity contribution >= 4 is 21.9 Å². The Kier molecular flexibility index (Phi) is 8.24. The van der Waals surface area contributed by atoms with Gasteiger partial charge < -0.3 is 14.2 Å². The predicted molar refractivity (Wildman–Crippen MR) is 136 cm³/mol. The van der Waals surface area contributed by atoms with Gasteiger partial charge in [-0.1, -0.05) is 42.5 Å². The van der Waals surface area contributed by atoms with E-state index in [2.05, 4.69) is 24.7 Å². The summed E-state index contributed by atoms with van der Waals surface area (Å²) in [4.78, 5) is 16.1. The van der Waals surface area contributed by atoms with E-state index in [1.807, 2.05) is 0 Å². The zero-order chi connectivity index (χ0) is 27.9. The number of hydrogen-bond acceptors (Lipinski definition) is 9. The molecule has 0 atom stereocenters. The SMILES string of the molecule is COc1ccccc1Oc1c(NS(=O)(=O)/C=C/c2ccccc2)nc(-c2ncccn2)nc1OCC(F)(F)F. The minimum absolute atomic E-state index is 0.0319. The van der Waals surface area contributed by atoms with Crippen LogP contribution in [0.3, 0.4) is 0 Å². The number of alkyl halides is 3. The molecular formula is C25H20F3N5O5S. The zero-order valence-electron chi connectivity index (χ0n) is 20.2. The van der Waals surface area contributed by atoms with Crippen LogP contribution in [0.1, 0.15) is 5.56 Å². The molecule has 39 heavy (non-hydrogen) atoms. The Morgan fingerprint density at radius 3 is 2.23 bits per heavy atom. The molecule has 14 heteroatoms. The van der Waals surface area contributed by atoms with Crippen LogP contribution in [0.4, 0.5) is 19.0 Å². The molecule has 2 aromatic heterocycles. The molecule has 0 aliphatic heterocycles. The van der Waals surface area contributed by atoms with E-state index in [4.69, 9.17) is 14.2 Å². The Hall–Kier alpha value is -4.72. The molecule has 10 nitrogen and oxygen atoms in total. The number of benzene rings is 2. The average Bonchev–Trinajstić information content (AvgIpc) is 2.92. The highest BCUT2D eigenvalue weighted by atomic mass is 32.2. The molecule has 0 saturated heterocycles. The third kappa shape index (κ3) is 7.64. The van der Waals surface area contributed by atoms with E-state index in [-0.39, 0.29) is 23.1 Å². The first kappa shape index (κ1) is 27.3.